The van der Waals surface area contributed by atoms with Crippen molar-refractivity contribution in [2.24, 2.45) is 0 Å². The number of carbonyl (C=O) groups excluding carboxylic acids is 1. The van der Waals surface area contributed by atoms with Gasteiger partial charge in [-0.05, 0) is 61.5 Å². The number of aryl methyl sites for hydroxylation is 1. The maximum Gasteiger partial charge on any atom is 0.259 e. The molecule has 0 atom stereocenters. The van der Waals surface area contributed by atoms with E-state index in [1.165, 1.54) is 5.69 Å². The van der Waals surface area contributed by atoms with E-state index in [0.29, 0.717) is 11.3 Å². The van der Waals surface area contributed by atoms with Gasteiger partial charge in [-0.1, -0.05) is 25.1 Å². The van der Waals surface area contributed by atoms with Gasteiger partial charge in [-0.25, -0.2) is 4.68 Å². The number of piperazine rings is 1. The predicted octanol–water partition coefficient (Wildman–Crippen LogP) is 4.64. The summed E-state index contributed by atoms with van der Waals surface area (Å²) in [5.41, 5.74) is 5.82. The van der Waals surface area contributed by atoms with Crippen molar-refractivity contribution in [2.75, 3.05) is 42.9 Å². The topological polar surface area (TPSA) is 66.3 Å². The molecule has 7 heteroatoms. The zero-order valence-electron chi connectivity index (χ0n) is 20.2. The molecule has 0 radical (unpaired) electrons. The first-order valence-corrected chi connectivity index (χ1v) is 12.1. The number of pyridine rings is 1. The van der Waals surface area contributed by atoms with Crippen LogP contribution in [0.2, 0.25) is 0 Å². The molecule has 0 unspecified atom stereocenters. The second-order valence-electron chi connectivity index (χ2n) is 8.79. The van der Waals surface area contributed by atoms with E-state index in [1.807, 2.05) is 55.5 Å². The van der Waals surface area contributed by atoms with Crippen LogP contribution in [0.3, 0.4) is 0 Å². The number of rotatable bonds is 6. The van der Waals surface area contributed by atoms with E-state index in [9.17, 15) is 4.79 Å². The van der Waals surface area contributed by atoms with Crippen LogP contribution in [0.1, 0.15) is 22.8 Å². The molecule has 178 valence electrons. The normalized spacial score (nSPS) is 14.2. The van der Waals surface area contributed by atoms with Gasteiger partial charge in [0.1, 0.15) is 5.69 Å². The molecule has 1 aliphatic rings. The number of benzene rings is 2. The molecule has 7 nitrogen and oxygen atoms in total. The summed E-state index contributed by atoms with van der Waals surface area (Å²) >= 11 is 0. The highest BCUT2D eigenvalue weighted by Gasteiger charge is 2.21. The van der Waals surface area contributed by atoms with Gasteiger partial charge in [-0.3, -0.25) is 9.78 Å². The fraction of sp³-hybridized carbons (Fsp3) is 0.250. The summed E-state index contributed by atoms with van der Waals surface area (Å²) in [7, 11) is 0. The van der Waals surface area contributed by atoms with Crippen LogP contribution in [0.5, 0.6) is 0 Å². The number of aromatic nitrogens is 3. The van der Waals surface area contributed by atoms with Crippen molar-refractivity contribution in [1.82, 2.24) is 19.7 Å². The zero-order valence-corrected chi connectivity index (χ0v) is 20.2. The molecular formula is C28H30N6O. The molecule has 2 aromatic heterocycles. The largest absolute Gasteiger partial charge is 0.369 e. The first-order valence-electron chi connectivity index (χ1n) is 12.1. The van der Waals surface area contributed by atoms with E-state index < -0.39 is 0 Å². The Morgan fingerprint density at radius 2 is 1.77 bits per heavy atom. The Labute approximate surface area is 206 Å². The third-order valence-corrected chi connectivity index (χ3v) is 6.56. The van der Waals surface area contributed by atoms with Crippen molar-refractivity contribution in [2.45, 2.75) is 13.8 Å². The maximum atomic E-state index is 13.5. The smallest absolute Gasteiger partial charge is 0.259 e. The van der Waals surface area contributed by atoms with E-state index in [2.05, 4.69) is 39.2 Å². The lowest BCUT2D eigenvalue weighted by molar-refractivity contribution is 0.102. The average molecular weight is 467 g/mol. The Morgan fingerprint density at radius 1 is 0.971 bits per heavy atom. The highest BCUT2D eigenvalue weighted by atomic mass is 16.1. The lowest BCUT2D eigenvalue weighted by Crippen LogP contribution is -2.46. The summed E-state index contributed by atoms with van der Waals surface area (Å²) in [4.78, 5) is 22.6. The van der Waals surface area contributed by atoms with Gasteiger partial charge in [-0.2, -0.15) is 5.10 Å². The minimum absolute atomic E-state index is 0.196. The van der Waals surface area contributed by atoms with Crippen LogP contribution in [-0.2, 0) is 0 Å². The van der Waals surface area contributed by atoms with Gasteiger partial charge in [0, 0.05) is 61.7 Å². The number of carbonyl (C=O) groups is 1. The summed E-state index contributed by atoms with van der Waals surface area (Å²) in [6.45, 7) is 9.54. The van der Waals surface area contributed by atoms with Gasteiger partial charge in [-0.15, -0.1) is 0 Å². The molecule has 35 heavy (non-hydrogen) atoms. The van der Waals surface area contributed by atoms with Crippen LogP contribution >= 0.6 is 0 Å². The molecule has 2 aromatic carbocycles. The Morgan fingerprint density at radius 3 is 2.46 bits per heavy atom. The predicted molar refractivity (Wildman–Crippen MR) is 140 cm³/mol. The third kappa shape index (κ3) is 4.95. The molecule has 1 N–H and O–H groups in total. The summed E-state index contributed by atoms with van der Waals surface area (Å²) in [6.07, 6.45) is 5.22. The molecule has 1 saturated heterocycles. The lowest BCUT2D eigenvalue weighted by Gasteiger charge is -2.35. The number of likely N-dealkylation sites (N-methyl/N-ethyl adjacent to an activating group) is 1. The molecule has 0 saturated carbocycles. The highest BCUT2D eigenvalue weighted by Crippen LogP contribution is 2.27. The third-order valence-electron chi connectivity index (χ3n) is 6.56. The van der Waals surface area contributed by atoms with Crippen LogP contribution in [0, 0.1) is 6.92 Å². The number of nitrogens with one attached hydrogen (secondary N) is 1. The molecule has 1 aliphatic heterocycles. The first-order chi connectivity index (χ1) is 17.1. The second-order valence-corrected chi connectivity index (χ2v) is 8.79. The standard InChI is InChI=1S/C28H30N6O/c1-3-32-14-16-33(17-15-32)24-11-12-26(21(2)18-24)30-28(35)25-20-34(23-9-5-4-6-10-23)31-27(25)22-8-7-13-29-19-22/h4-13,18-20H,3,14-17H2,1-2H3,(H,30,35). The fourth-order valence-corrected chi connectivity index (χ4v) is 4.47. The molecule has 4 aromatic rings. The van der Waals surface area contributed by atoms with Gasteiger partial charge < -0.3 is 15.1 Å². The van der Waals surface area contributed by atoms with E-state index in [4.69, 9.17) is 5.10 Å². The van der Waals surface area contributed by atoms with Crippen LogP contribution in [0.4, 0.5) is 11.4 Å². The van der Waals surface area contributed by atoms with Crippen molar-refractivity contribution in [1.29, 1.82) is 0 Å². The molecule has 0 spiro atoms. The Bertz CT molecular complexity index is 1290. The number of hydrogen-bond acceptors (Lipinski definition) is 5. The quantitative estimate of drug-likeness (QED) is 0.449. The van der Waals surface area contributed by atoms with Crippen molar-refractivity contribution < 1.29 is 4.79 Å². The number of para-hydroxylation sites is 1. The highest BCUT2D eigenvalue weighted by molar-refractivity contribution is 6.08. The maximum absolute atomic E-state index is 13.5. The number of amides is 1. The Balaban J connectivity index is 1.40. The SMILES string of the molecule is CCN1CCN(c2ccc(NC(=O)c3cn(-c4ccccc4)nc3-c3cccnc3)c(C)c2)CC1. The van der Waals surface area contributed by atoms with E-state index >= 15 is 0 Å². The second kappa shape index (κ2) is 10.1. The molecule has 0 aliphatic carbocycles. The molecular weight excluding hydrogens is 436 g/mol. The molecule has 1 fully saturated rings. The van der Waals surface area contributed by atoms with Gasteiger partial charge >= 0.3 is 0 Å². The monoisotopic (exact) mass is 466 g/mol. The van der Waals surface area contributed by atoms with Crippen molar-refractivity contribution in [3.8, 4) is 16.9 Å². The van der Waals surface area contributed by atoms with Crippen molar-refractivity contribution in [3.63, 3.8) is 0 Å². The first kappa shape index (κ1) is 22.8. The van der Waals surface area contributed by atoms with Gasteiger partial charge in [0.25, 0.3) is 5.91 Å². The number of nitrogens with zero attached hydrogens (tertiary/aromatic N) is 5. The summed E-state index contributed by atoms with van der Waals surface area (Å²) < 4.78 is 1.74. The minimum atomic E-state index is -0.196. The minimum Gasteiger partial charge on any atom is -0.369 e. The zero-order chi connectivity index (χ0) is 24.2. The van der Waals surface area contributed by atoms with Gasteiger partial charge in [0.05, 0.1) is 11.3 Å². The fourth-order valence-electron chi connectivity index (χ4n) is 4.47. The van der Waals surface area contributed by atoms with E-state index in [0.717, 1.165) is 55.2 Å². The average Bonchev–Trinajstić information content (AvgIpc) is 3.37. The molecule has 5 rings (SSSR count). The van der Waals surface area contributed by atoms with Crippen molar-refractivity contribution >= 4 is 17.3 Å². The molecule has 3 heterocycles. The van der Waals surface area contributed by atoms with Crippen LogP contribution in [-0.4, -0.2) is 58.3 Å². The van der Waals surface area contributed by atoms with Gasteiger partial charge in [0.15, 0.2) is 0 Å². The molecule has 1 amide bonds. The number of hydrogen-bond donors (Lipinski definition) is 1. The van der Waals surface area contributed by atoms with Crippen LogP contribution in [0.25, 0.3) is 16.9 Å². The van der Waals surface area contributed by atoms with Crippen LogP contribution < -0.4 is 10.2 Å². The Hall–Kier alpha value is -3.97. The van der Waals surface area contributed by atoms with E-state index in [-0.39, 0.29) is 5.91 Å². The van der Waals surface area contributed by atoms with Crippen LogP contribution in [0.15, 0.2) is 79.3 Å². The Kier molecular flexibility index (Phi) is 6.59. The van der Waals surface area contributed by atoms with Gasteiger partial charge in [0.2, 0.25) is 0 Å². The summed E-state index contributed by atoms with van der Waals surface area (Å²) in [5, 5.41) is 7.84. The summed E-state index contributed by atoms with van der Waals surface area (Å²) in [6, 6.07) is 19.8. The van der Waals surface area contributed by atoms with Crippen molar-refractivity contribution in [3.05, 3.63) is 90.4 Å². The lowest BCUT2D eigenvalue weighted by atomic mass is 10.1. The summed E-state index contributed by atoms with van der Waals surface area (Å²) in [5.74, 6) is -0.196. The van der Waals surface area contributed by atoms with E-state index in [1.54, 1.807) is 23.3 Å². The molecule has 0 bridgehead atoms. The number of anilines is 2.